The highest BCUT2D eigenvalue weighted by Gasteiger charge is 2.35. The smallest absolute Gasteiger partial charge is 0.418 e. The van der Waals surface area contributed by atoms with Crippen LogP contribution in [0.4, 0.5) is 23.2 Å². The van der Waals surface area contributed by atoms with Crippen LogP contribution in [0.5, 0.6) is 5.75 Å². The third-order valence-electron chi connectivity index (χ3n) is 4.07. The molecule has 9 heteroatoms. The number of benzene rings is 1. The largest absolute Gasteiger partial charge is 0.481 e. The van der Waals surface area contributed by atoms with Crippen LogP contribution >= 0.6 is 11.6 Å². The molecule has 0 saturated carbocycles. The lowest BCUT2D eigenvalue weighted by Crippen LogP contribution is -2.39. The first-order chi connectivity index (χ1) is 12.6. The molecule has 2 aromatic rings. The number of carbonyl (C=O) groups excluding carboxylic acids is 1. The van der Waals surface area contributed by atoms with Crippen LogP contribution in [-0.2, 0) is 11.0 Å². The summed E-state index contributed by atoms with van der Waals surface area (Å²) in [6, 6.07) is 2.26. The normalized spacial score (nSPS) is 13.8. The minimum Gasteiger partial charge on any atom is -0.481 e. The Morgan fingerprint density at radius 2 is 2.11 bits per heavy atom. The lowest BCUT2D eigenvalue weighted by molar-refractivity contribution is -0.138. The van der Waals surface area contributed by atoms with Gasteiger partial charge in [-0.25, -0.2) is 4.39 Å². The molecule has 1 aliphatic heterocycles. The van der Waals surface area contributed by atoms with Gasteiger partial charge in [0.05, 0.1) is 28.5 Å². The van der Waals surface area contributed by atoms with Crippen molar-refractivity contribution in [2.45, 2.75) is 13.1 Å². The number of ether oxygens (including phenoxy) is 1. The van der Waals surface area contributed by atoms with Crippen molar-refractivity contribution in [3.63, 3.8) is 0 Å². The first-order valence-corrected chi connectivity index (χ1v) is 7.95. The molecule has 1 aromatic carbocycles. The molecule has 0 N–H and O–H groups in total. The number of alkyl halides is 3. The standard InChI is InChI=1S/C18H11ClF4N2O2/c1-3-4-25-13-5-10(12(20)6-14(13)27-8-15(25)26)17-16(19)9(2)11(7-24-17)18(21,22)23/h1,5-7H,4,8H2,2H3. The molecule has 27 heavy (non-hydrogen) atoms. The van der Waals surface area contributed by atoms with Gasteiger partial charge in [-0.2, -0.15) is 13.2 Å². The highest BCUT2D eigenvalue weighted by molar-refractivity contribution is 6.34. The van der Waals surface area contributed by atoms with E-state index < -0.39 is 23.5 Å². The number of aromatic nitrogens is 1. The third kappa shape index (κ3) is 3.30. The number of hydrogen-bond donors (Lipinski definition) is 0. The molecule has 0 aliphatic carbocycles. The average molecular weight is 399 g/mol. The second-order valence-electron chi connectivity index (χ2n) is 5.73. The van der Waals surface area contributed by atoms with Gasteiger partial charge in [0.2, 0.25) is 0 Å². The summed E-state index contributed by atoms with van der Waals surface area (Å²) in [7, 11) is 0. The Bertz CT molecular complexity index is 983. The van der Waals surface area contributed by atoms with Gasteiger partial charge in [0.1, 0.15) is 11.6 Å². The van der Waals surface area contributed by atoms with Gasteiger partial charge in [-0.05, 0) is 18.6 Å². The number of terminal acetylenes is 1. The summed E-state index contributed by atoms with van der Waals surface area (Å²) >= 11 is 6.05. The molecular weight excluding hydrogens is 388 g/mol. The van der Waals surface area contributed by atoms with E-state index in [-0.39, 0.29) is 46.4 Å². The quantitative estimate of drug-likeness (QED) is 0.561. The lowest BCUT2D eigenvalue weighted by atomic mass is 10.0. The first-order valence-electron chi connectivity index (χ1n) is 7.58. The zero-order valence-electron chi connectivity index (χ0n) is 13.8. The monoisotopic (exact) mass is 398 g/mol. The Balaban J connectivity index is 2.18. The van der Waals surface area contributed by atoms with E-state index in [1.165, 1.54) is 17.9 Å². The first kappa shape index (κ1) is 19.0. The van der Waals surface area contributed by atoms with E-state index in [1.807, 2.05) is 0 Å². The molecule has 0 spiro atoms. The SMILES string of the molecule is C#CCN1C(=O)COc2cc(F)c(-c3ncc(C(F)(F)F)c(C)c3Cl)cc21. The Morgan fingerprint density at radius 1 is 1.41 bits per heavy atom. The number of halogens is 5. The van der Waals surface area contributed by atoms with Crippen molar-refractivity contribution >= 4 is 23.2 Å². The van der Waals surface area contributed by atoms with E-state index in [9.17, 15) is 22.4 Å². The Hall–Kier alpha value is -2.79. The van der Waals surface area contributed by atoms with Gasteiger partial charge in [0, 0.05) is 17.8 Å². The predicted molar refractivity (Wildman–Crippen MR) is 91.1 cm³/mol. The van der Waals surface area contributed by atoms with Crippen LogP contribution in [0.2, 0.25) is 5.02 Å². The Labute approximate surface area is 156 Å². The van der Waals surface area contributed by atoms with Crippen molar-refractivity contribution in [1.29, 1.82) is 0 Å². The molecule has 3 rings (SSSR count). The van der Waals surface area contributed by atoms with Gasteiger partial charge in [-0.15, -0.1) is 6.42 Å². The number of nitrogens with zero attached hydrogens (tertiary/aromatic N) is 2. The van der Waals surface area contributed by atoms with E-state index in [0.717, 1.165) is 6.07 Å². The van der Waals surface area contributed by atoms with E-state index in [0.29, 0.717) is 6.20 Å². The number of anilines is 1. The number of pyridine rings is 1. The molecule has 0 fully saturated rings. The van der Waals surface area contributed by atoms with Gasteiger partial charge < -0.3 is 4.74 Å². The molecule has 0 atom stereocenters. The molecule has 1 amide bonds. The maximum absolute atomic E-state index is 14.6. The van der Waals surface area contributed by atoms with Crippen molar-refractivity contribution in [2.75, 3.05) is 18.1 Å². The van der Waals surface area contributed by atoms with Crippen LogP contribution in [0.3, 0.4) is 0 Å². The summed E-state index contributed by atoms with van der Waals surface area (Å²) in [6.07, 6.45) is 1.21. The number of fused-ring (bicyclic) bond motifs is 1. The molecule has 0 radical (unpaired) electrons. The number of carbonyl (C=O) groups is 1. The van der Waals surface area contributed by atoms with Gasteiger partial charge in [0.25, 0.3) is 5.91 Å². The van der Waals surface area contributed by atoms with Crippen molar-refractivity contribution < 1.29 is 27.1 Å². The fourth-order valence-electron chi connectivity index (χ4n) is 2.72. The highest BCUT2D eigenvalue weighted by atomic mass is 35.5. The van der Waals surface area contributed by atoms with Crippen molar-refractivity contribution in [1.82, 2.24) is 4.98 Å². The summed E-state index contributed by atoms with van der Waals surface area (Å²) in [4.78, 5) is 16.9. The highest BCUT2D eigenvalue weighted by Crippen LogP contribution is 2.42. The summed E-state index contributed by atoms with van der Waals surface area (Å²) in [5.41, 5.74) is -1.45. The van der Waals surface area contributed by atoms with Crippen LogP contribution in [0.25, 0.3) is 11.3 Å². The maximum atomic E-state index is 14.6. The van der Waals surface area contributed by atoms with Gasteiger partial charge in [-0.3, -0.25) is 14.7 Å². The molecule has 140 valence electrons. The number of hydrogen-bond acceptors (Lipinski definition) is 3. The van der Waals surface area contributed by atoms with Gasteiger partial charge in [0.15, 0.2) is 6.61 Å². The van der Waals surface area contributed by atoms with E-state index in [1.54, 1.807) is 0 Å². The third-order valence-corrected chi connectivity index (χ3v) is 4.53. The maximum Gasteiger partial charge on any atom is 0.418 e. The zero-order chi connectivity index (χ0) is 19.9. The summed E-state index contributed by atoms with van der Waals surface area (Å²) in [6.45, 7) is 0.795. The molecule has 1 aliphatic rings. The Morgan fingerprint density at radius 3 is 2.74 bits per heavy atom. The molecule has 2 heterocycles. The molecule has 0 saturated heterocycles. The van der Waals surface area contributed by atoms with E-state index >= 15 is 0 Å². The molecule has 1 aromatic heterocycles. The topological polar surface area (TPSA) is 42.4 Å². The Kier molecular flexibility index (Phi) is 4.74. The fraction of sp³-hybridized carbons (Fsp3) is 0.222. The van der Waals surface area contributed by atoms with Crippen LogP contribution < -0.4 is 9.64 Å². The molecule has 0 bridgehead atoms. The second kappa shape index (κ2) is 6.74. The van der Waals surface area contributed by atoms with Gasteiger partial charge in [-0.1, -0.05) is 17.5 Å². The second-order valence-corrected chi connectivity index (χ2v) is 6.11. The minimum atomic E-state index is -4.64. The lowest BCUT2D eigenvalue weighted by Gasteiger charge is -2.28. The summed E-state index contributed by atoms with van der Waals surface area (Å²) < 4.78 is 58.8. The van der Waals surface area contributed by atoms with Crippen LogP contribution in [-0.4, -0.2) is 24.0 Å². The van der Waals surface area contributed by atoms with E-state index in [2.05, 4.69) is 10.9 Å². The molecular formula is C18H11ClF4N2O2. The number of rotatable bonds is 2. The van der Waals surface area contributed by atoms with Crippen LogP contribution in [0.1, 0.15) is 11.1 Å². The average Bonchev–Trinajstić information content (AvgIpc) is 2.59. The predicted octanol–water partition coefficient (Wildman–Crippen LogP) is 4.23. The van der Waals surface area contributed by atoms with Gasteiger partial charge >= 0.3 is 6.18 Å². The summed E-state index contributed by atoms with van der Waals surface area (Å²) in [5, 5.41) is -0.338. The van der Waals surface area contributed by atoms with E-state index in [4.69, 9.17) is 22.8 Å². The van der Waals surface area contributed by atoms with Crippen molar-refractivity contribution in [3.8, 4) is 29.4 Å². The number of amides is 1. The zero-order valence-corrected chi connectivity index (χ0v) is 14.6. The van der Waals surface area contributed by atoms with Crippen LogP contribution in [0.15, 0.2) is 18.3 Å². The molecule has 0 unspecified atom stereocenters. The van der Waals surface area contributed by atoms with Crippen LogP contribution in [0, 0.1) is 25.1 Å². The van der Waals surface area contributed by atoms with Crippen molar-refractivity contribution in [2.24, 2.45) is 0 Å². The molecule has 4 nitrogen and oxygen atoms in total. The minimum absolute atomic E-state index is 0.0759. The summed E-state index contributed by atoms with van der Waals surface area (Å²) in [5.74, 6) is 1.17. The fourth-order valence-corrected chi connectivity index (χ4v) is 2.97. The van der Waals surface area contributed by atoms with Crippen molar-refractivity contribution in [3.05, 3.63) is 40.3 Å².